The Kier molecular flexibility index (Phi) is 3.41. The van der Waals surface area contributed by atoms with E-state index in [1.807, 2.05) is 0 Å². The van der Waals surface area contributed by atoms with Crippen LogP contribution in [-0.2, 0) is 9.72 Å². The summed E-state index contributed by atoms with van der Waals surface area (Å²) in [7, 11) is 0. The third-order valence-corrected chi connectivity index (χ3v) is 5.00. The Balaban J connectivity index is 1.88. The topological polar surface area (TPSA) is 21.3 Å². The predicted octanol–water partition coefficient (Wildman–Crippen LogP) is 4.57. The average molecular weight is 307 g/mol. The van der Waals surface area contributed by atoms with E-state index in [9.17, 15) is 0 Å². The number of hydrogen-bond donors (Lipinski definition) is 1. The lowest BCUT2D eigenvalue weighted by Crippen LogP contribution is -2.38. The first-order valence-corrected chi connectivity index (χ1v) is 8.14. The van der Waals surface area contributed by atoms with Crippen LogP contribution in [0.1, 0.15) is 16.7 Å². The van der Waals surface area contributed by atoms with Gasteiger partial charge in [0.05, 0.1) is 18.8 Å². The quantitative estimate of drug-likeness (QED) is 0.553. The number of hydrogen-bond acceptors (Lipinski definition) is 3. The number of rotatable bonds is 2. The van der Waals surface area contributed by atoms with Gasteiger partial charge in [0.1, 0.15) is 5.54 Å². The molecule has 1 heterocycles. The third-order valence-electron chi connectivity index (χ3n) is 4.34. The Hall–Kier alpha value is -1.81. The Morgan fingerprint density at radius 2 is 1.64 bits per heavy atom. The van der Waals surface area contributed by atoms with E-state index >= 15 is 0 Å². The minimum absolute atomic E-state index is 0.289. The summed E-state index contributed by atoms with van der Waals surface area (Å²) in [4.78, 5) is 0. The zero-order chi connectivity index (χ0) is 15.0. The van der Waals surface area contributed by atoms with E-state index in [4.69, 9.17) is 4.18 Å². The van der Waals surface area contributed by atoms with Gasteiger partial charge in [-0.1, -0.05) is 66.2 Å². The first kappa shape index (κ1) is 13.8. The summed E-state index contributed by atoms with van der Waals surface area (Å²) in [6.07, 6.45) is 0. The van der Waals surface area contributed by atoms with Gasteiger partial charge in [-0.25, -0.2) is 4.72 Å². The molecule has 0 saturated carbocycles. The second kappa shape index (κ2) is 5.43. The maximum atomic E-state index is 5.62. The molecule has 0 radical (unpaired) electrons. The van der Waals surface area contributed by atoms with Crippen LogP contribution in [0.3, 0.4) is 0 Å². The molecule has 1 aliphatic heterocycles. The van der Waals surface area contributed by atoms with Crippen LogP contribution in [0.5, 0.6) is 0 Å². The fourth-order valence-electron chi connectivity index (χ4n) is 2.99. The van der Waals surface area contributed by atoms with Crippen LogP contribution >= 0.6 is 12.2 Å². The fourth-order valence-corrected chi connectivity index (χ4v) is 3.72. The van der Waals surface area contributed by atoms with Crippen molar-refractivity contribution in [1.82, 2.24) is 4.72 Å². The molecule has 1 saturated heterocycles. The van der Waals surface area contributed by atoms with E-state index < -0.39 is 0 Å². The number of aryl methyl sites for hydroxylation is 1. The molecular formula is C19H17NOS. The minimum Gasteiger partial charge on any atom is -0.299 e. The van der Waals surface area contributed by atoms with E-state index in [2.05, 4.69) is 78.4 Å². The molecule has 0 bridgehead atoms. The van der Waals surface area contributed by atoms with Crippen LogP contribution < -0.4 is 4.72 Å². The first-order valence-electron chi connectivity index (χ1n) is 7.40. The van der Waals surface area contributed by atoms with Crippen LogP contribution in [0.15, 0.2) is 66.7 Å². The van der Waals surface area contributed by atoms with Crippen molar-refractivity contribution in [2.75, 3.05) is 6.61 Å². The lowest BCUT2D eigenvalue weighted by molar-refractivity contribution is 0.319. The smallest absolute Gasteiger partial charge is 0.105 e. The molecule has 4 rings (SSSR count). The van der Waals surface area contributed by atoms with Crippen LogP contribution in [-0.4, -0.2) is 6.61 Å². The highest BCUT2D eigenvalue weighted by atomic mass is 32.2. The summed E-state index contributed by atoms with van der Waals surface area (Å²) >= 11 is 1.33. The van der Waals surface area contributed by atoms with Crippen molar-refractivity contribution in [3.8, 4) is 0 Å². The van der Waals surface area contributed by atoms with Crippen molar-refractivity contribution in [2.45, 2.75) is 12.5 Å². The van der Waals surface area contributed by atoms with Crippen molar-refractivity contribution in [1.29, 1.82) is 0 Å². The summed E-state index contributed by atoms with van der Waals surface area (Å²) in [5, 5.41) is 2.52. The van der Waals surface area contributed by atoms with Gasteiger partial charge in [-0.3, -0.25) is 4.18 Å². The molecule has 22 heavy (non-hydrogen) atoms. The standard InChI is InChI=1S/C19H17NOS/c1-14-6-9-17(10-7-14)19(13-21-22-20-19)18-11-8-15-4-2-3-5-16(15)12-18/h2-12,20H,13H2,1H3. The molecule has 3 heteroatoms. The second-order valence-corrected chi connectivity index (χ2v) is 6.39. The Morgan fingerprint density at radius 3 is 2.36 bits per heavy atom. The van der Waals surface area contributed by atoms with Crippen molar-refractivity contribution in [3.63, 3.8) is 0 Å². The molecule has 1 fully saturated rings. The summed E-state index contributed by atoms with van der Waals surface area (Å²) in [6.45, 7) is 2.73. The van der Waals surface area contributed by atoms with E-state index in [0.717, 1.165) is 0 Å². The highest BCUT2D eigenvalue weighted by molar-refractivity contribution is 7.92. The second-order valence-electron chi connectivity index (χ2n) is 5.78. The molecule has 3 aromatic rings. The SMILES string of the molecule is Cc1ccc(C2(c3ccc4ccccc4c3)COSN2)cc1. The molecule has 1 unspecified atom stereocenters. The molecule has 0 aromatic heterocycles. The van der Waals surface area contributed by atoms with Gasteiger partial charge in [0.25, 0.3) is 0 Å². The average Bonchev–Trinajstić information content (AvgIpc) is 3.06. The maximum Gasteiger partial charge on any atom is 0.105 e. The molecule has 0 aliphatic carbocycles. The van der Waals surface area contributed by atoms with Gasteiger partial charge < -0.3 is 0 Å². The molecule has 2 nitrogen and oxygen atoms in total. The molecule has 1 atom stereocenters. The van der Waals surface area contributed by atoms with Gasteiger partial charge in [0.2, 0.25) is 0 Å². The first-order chi connectivity index (χ1) is 10.8. The monoisotopic (exact) mass is 307 g/mol. The molecule has 110 valence electrons. The van der Waals surface area contributed by atoms with Crippen molar-refractivity contribution < 1.29 is 4.18 Å². The summed E-state index contributed by atoms with van der Waals surface area (Å²) < 4.78 is 9.10. The van der Waals surface area contributed by atoms with Crippen molar-refractivity contribution >= 4 is 23.0 Å². The van der Waals surface area contributed by atoms with Gasteiger partial charge in [0.15, 0.2) is 0 Å². The molecule has 0 amide bonds. The zero-order valence-corrected chi connectivity index (χ0v) is 13.2. The summed E-state index contributed by atoms with van der Waals surface area (Å²) in [5.41, 5.74) is 3.45. The third kappa shape index (κ3) is 2.22. The zero-order valence-electron chi connectivity index (χ0n) is 12.4. The molecule has 0 spiro atoms. The maximum absolute atomic E-state index is 5.62. The number of benzene rings is 3. The lowest BCUT2D eigenvalue weighted by atomic mass is 9.83. The predicted molar refractivity (Wildman–Crippen MR) is 92.6 cm³/mol. The highest BCUT2D eigenvalue weighted by Crippen LogP contribution is 2.38. The van der Waals surface area contributed by atoms with Crippen molar-refractivity contribution in [3.05, 3.63) is 83.4 Å². The fraction of sp³-hybridized carbons (Fsp3) is 0.158. The molecular weight excluding hydrogens is 290 g/mol. The van der Waals surface area contributed by atoms with E-state index in [0.29, 0.717) is 6.61 Å². The normalized spacial score (nSPS) is 21.3. The van der Waals surface area contributed by atoms with Gasteiger partial charge in [0, 0.05) is 0 Å². The lowest BCUT2D eigenvalue weighted by Gasteiger charge is -2.28. The van der Waals surface area contributed by atoms with Crippen LogP contribution in [0.4, 0.5) is 0 Å². The summed E-state index contributed by atoms with van der Waals surface area (Å²) in [5.74, 6) is 0. The van der Waals surface area contributed by atoms with Gasteiger partial charge in [-0.2, -0.15) is 0 Å². The molecule has 3 aromatic carbocycles. The van der Waals surface area contributed by atoms with Crippen LogP contribution in [0, 0.1) is 6.92 Å². The van der Waals surface area contributed by atoms with E-state index in [1.54, 1.807) is 0 Å². The Labute approximate surface area is 134 Å². The van der Waals surface area contributed by atoms with Gasteiger partial charge in [-0.05, 0) is 34.9 Å². The van der Waals surface area contributed by atoms with Crippen molar-refractivity contribution in [2.24, 2.45) is 0 Å². The summed E-state index contributed by atoms with van der Waals surface area (Å²) in [6, 6.07) is 23.8. The highest BCUT2D eigenvalue weighted by Gasteiger charge is 2.39. The van der Waals surface area contributed by atoms with Crippen LogP contribution in [0.2, 0.25) is 0 Å². The Morgan fingerprint density at radius 1 is 0.909 bits per heavy atom. The van der Waals surface area contributed by atoms with Crippen LogP contribution in [0.25, 0.3) is 10.8 Å². The molecule has 1 N–H and O–H groups in total. The van der Waals surface area contributed by atoms with E-state index in [-0.39, 0.29) is 5.54 Å². The van der Waals surface area contributed by atoms with Gasteiger partial charge >= 0.3 is 0 Å². The number of fused-ring (bicyclic) bond motifs is 1. The van der Waals surface area contributed by atoms with E-state index in [1.165, 1.54) is 39.7 Å². The molecule has 1 aliphatic rings. The largest absolute Gasteiger partial charge is 0.299 e. The Bertz CT molecular complexity index is 807. The minimum atomic E-state index is -0.289. The van der Waals surface area contributed by atoms with Gasteiger partial charge in [-0.15, -0.1) is 0 Å². The number of nitrogens with one attached hydrogen (secondary N) is 1.